The van der Waals surface area contributed by atoms with E-state index in [1.165, 1.54) is 0 Å². The third kappa shape index (κ3) is 1.88. The van der Waals surface area contributed by atoms with E-state index >= 15 is 0 Å². The molecule has 0 atom stereocenters. The van der Waals surface area contributed by atoms with E-state index in [-0.39, 0.29) is 0 Å². The highest BCUT2D eigenvalue weighted by molar-refractivity contribution is 4.72. The Kier molecular flexibility index (Phi) is 2.22. The van der Waals surface area contributed by atoms with Crippen molar-refractivity contribution < 1.29 is 8.78 Å². The van der Waals surface area contributed by atoms with Crippen LogP contribution in [0.25, 0.3) is 0 Å². The Morgan fingerprint density at radius 2 is 2.42 bits per heavy atom. The Bertz CT molecular complexity index is 304. The minimum atomic E-state index is -3.06. The van der Waals surface area contributed by atoms with Crippen LogP contribution in [0.3, 0.4) is 0 Å². The summed E-state index contributed by atoms with van der Waals surface area (Å²) in [5, 5.41) is 5.29. The molecule has 0 aromatic carbocycles. The number of halogens is 2. The molecule has 1 aromatic rings. The number of nitrogens with zero attached hydrogens (tertiary/aromatic N) is 2. The van der Waals surface area contributed by atoms with E-state index in [1.54, 1.807) is 0 Å². The predicted molar refractivity (Wildman–Crippen MR) is 36.8 cm³/mol. The van der Waals surface area contributed by atoms with Gasteiger partial charge in [-0.3, -0.25) is 4.57 Å². The van der Waals surface area contributed by atoms with Gasteiger partial charge < -0.3 is 5.73 Å². The third-order valence-electron chi connectivity index (χ3n) is 1.32. The summed E-state index contributed by atoms with van der Waals surface area (Å²) in [5.74, 6) is -3.06. The Hall–Kier alpha value is -1.24. The van der Waals surface area contributed by atoms with Crippen molar-refractivity contribution in [3.63, 3.8) is 0 Å². The van der Waals surface area contributed by atoms with Crippen LogP contribution in [0, 0.1) is 0 Å². The normalized spacial score (nSPS) is 11.9. The fourth-order valence-electron chi connectivity index (χ4n) is 0.697. The van der Waals surface area contributed by atoms with Crippen molar-refractivity contribution >= 4 is 0 Å². The molecule has 0 aliphatic carbocycles. The molecule has 0 bridgehead atoms. The highest BCUT2D eigenvalue weighted by Crippen LogP contribution is 2.12. The first kappa shape index (κ1) is 8.85. The van der Waals surface area contributed by atoms with Crippen LogP contribution in [-0.2, 0) is 6.54 Å². The highest BCUT2D eigenvalue weighted by atomic mass is 19.3. The summed E-state index contributed by atoms with van der Waals surface area (Å²) in [4.78, 5) is 10.7. The third-order valence-corrected chi connectivity index (χ3v) is 1.32. The van der Waals surface area contributed by atoms with E-state index in [2.05, 4.69) is 5.10 Å². The van der Waals surface area contributed by atoms with Gasteiger partial charge in [0.25, 0.3) is 5.92 Å². The first-order chi connectivity index (χ1) is 5.55. The van der Waals surface area contributed by atoms with Crippen LogP contribution in [0.5, 0.6) is 0 Å². The molecule has 5 nitrogen and oxygen atoms in total. The molecule has 0 aliphatic rings. The van der Waals surface area contributed by atoms with Gasteiger partial charge in [-0.05, 0) is 0 Å². The van der Waals surface area contributed by atoms with Gasteiger partial charge in [0.1, 0.15) is 6.33 Å². The van der Waals surface area contributed by atoms with Crippen LogP contribution in [-0.4, -0.2) is 27.2 Å². The van der Waals surface area contributed by atoms with Crippen LogP contribution >= 0.6 is 0 Å². The molecular weight excluding hydrogens is 170 g/mol. The van der Waals surface area contributed by atoms with E-state index in [1.807, 2.05) is 5.10 Å². The molecule has 0 spiro atoms. The Labute approximate surface area is 66.2 Å². The number of hydrogen-bond acceptors (Lipinski definition) is 3. The van der Waals surface area contributed by atoms with Crippen LogP contribution in [0.2, 0.25) is 0 Å². The first-order valence-corrected chi connectivity index (χ1v) is 3.23. The van der Waals surface area contributed by atoms with E-state index in [0.717, 1.165) is 10.9 Å². The molecule has 3 N–H and O–H groups in total. The standard InChI is InChI=1S/C5H8F2N4O/c6-5(7,1-8)2-11-3-9-10-4(11)12/h3H,1-2,8H2,(H,10,12). The molecule has 0 unspecified atom stereocenters. The zero-order valence-corrected chi connectivity index (χ0v) is 6.13. The number of rotatable bonds is 3. The summed E-state index contributed by atoms with van der Waals surface area (Å²) in [6, 6.07) is 0. The monoisotopic (exact) mass is 178 g/mol. The molecule has 0 saturated carbocycles. The smallest absolute Gasteiger partial charge is 0.325 e. The van der Waals surface area contributed by atoms with Crippen molar-refractivity contribution in [2.45, 2.75) is 12.5 Å². The van der Waals surface area contributed by atoms with Crippen molar-refractivity contribution in [3.8, 4) is 0 Å². The molecule has 68 valence electrons. The molecule has 0 aliphatic heterocycles. The summed E-state index contributed by atoms with van der Waals surface area (Å²) >= 11 is 0. The number of aromatic nitrogens is 3. The van der Waals surface area contributed by atoms with E-state index in [9.17, 15) is 13.6 Å². The molecule has 12 heavy (non-hydrogen) atoms. The second kappa shape index (κ2) is 3.02. The summed E-state index contributed by atoms with van der Waals surface area (Å²) in [5.41, 5.74) is 4.11. The highest BCUT2D eigenvalue weighted by Gasteiger charge is 2.27. The first-order valence-electron chi connectivity index (χ1n) is 3.23. The number of aromatic amines is 1. The van der Waals surface area contributed by atoms with Crippen molar-refractivity contribution in [1.82, 2.24) is 14.8 Å². The van der Waals surface area contributed by atoms with Crippen molar-refractivity contribution in [2.75, 3.05) is 6.54 Å². The van der Waals surface area contributed by atoms with Crippen LogP contribution in [0.15, 0.2) is 11.1 Å². The van der Waals surface area contributed by atoms with Gasteiger partial charge >= 0.3 is 5.69 Å². The van der Waals surface area contributed by atoms with Crippen LogP contribution < -0.4 is 11.4 Å². The molecule has 1 aromatic heterocycles. The lowest BCUT2D eigenvalue weighted by Gasteiger charge is -2.12. The van der Waals surface area contributed by atoms with Crippen LogP contribution in [0.1, 0.15) is 0 Å². The Morgan fingerprint density at radius 3 is 2.83 bits per heavy atom. The maximum Gasteiger partial charge on any atom is 0.343 e. The molecular formula is C5H8F2N4O. The van der Waals surface area contributed by atoms with Gasteiger partial charge in [0.2, 0.25) is 0 Å². The minimum Gasteiger partial charge on any atom is -0.325 e. The summed E-state index contributed by atoms with van der Waals surface area (Å²) in [7, 11) is 0. The number of nitrogens with two attached hydrogens (primary N) is 1. The van der Waals surface area contributed by atoms with Gasteiger partial charge in [-0.15, -0.1) is 0 Å². The molecule has 0 amide bonds. The predicted octanol–water partition coefficient (Wildman–Crippen LogP) is -0.835. The van der Waals surface area contributed by atoms with Gasteiger partial charge in [-0.25, -0.2) is 18.7 Å². The Balaban J connectivity index is 2.77. The molecule has 0 saturated heterocycles. The largest absolute Gasteiger partial charge is 0.343 e. The van der Waals surface area contributed by atoms with Gasteiger partial charge in [0.05, 0.1) is 13.1 Å². The molecule has 7 heteroatoms. The quantitative estimate of drug-likeness (QED) is 0.633. The maximum atomic E-state index is 12.6. The SMILES string of the molecule is NCC(F)(F)Cn1cn[nH]c1=O. The number of H-pyrrole nitrogens is 1. The molecule has 1 heterocycles. The second-order valence-electron chi connectivity index (χ2n) is 2.35. The zero-order valence-electron chi connectivity index (χ0n) is 6.13. The lowest BCUT2D eigenvalue weighted by Crippen LogP contribution is -2.35. The fourth-order valence-corrected chi connectivity index (χ4v) is 0.697. The zero-order chi connectivity index (χ0) is 9.19. The van der Waals surface area contributed by atoms with Crippen molar-refractivity contribution in [3.05, 3.63) is 16.8 Å². The average Bonchev–Trinajstić information content (AvgIpc) is 2.36. The molecule has 0 fully saturated rings. The minimum absolute atomic E-state index is 0.664. The van der Waals surface area contributed by atoms with E-state index in [4.69, 9.17) is 5.73 Å². The summed E-state index contributed by atoms with van der Waals surface area (Å²) in [6.07, 6.45) is 1.01. The van der Waals surface area contributed by atoms with Gasteiger partial charge in [-0.1, -0.05) is 0 Å². The lowest BCUT2D eigenvalue weighted by atomic mass is 10.3. The van der Waals surface area contributed by atoms with Crippen molar-refractivity contribution in [2.24, 2.45) is 5.73 Å². The summed E-state index contributed by atoms with van der Waals surface area (Å²) < 4.78 is 25.9. The molecule has 0 radical (unpaired) electrons. The Morgan fingerprint density at radius 1 is 1.75 bits per heavy atom. The summed E-state index contributed by atoms with van der Waals surface area (Å²) in [6.45, 7) is -1.52. The number of hydrogen-bond donors (Lipinski definition) is 2. The van der Waals surface area contributed by atoms with E-state index in [0.29, 0.717) is 0 Å². The maximum absolute atomic E-state index is 12.6. The van der Waals surface area contributed by atoms with Gasteiger partial charge in [-0.2, -0.15) is 5.10 Å². The number of nitrogens with one attached hydrogen (secondary N) is 1. The lowest BCUT2D eigenvalue weighted by molar-refractivity contribution is -0.00751. The second-order valence-corrected chi connectivity index (χ2v) is 2.35. The van der Waals surface area contributed by atoms with Crippen LogP contribution in [0.4, 0.5) is 8.78 Å². The number of alkyl halides is 2. The van der Waals surface area contributed by atoms with Gasteiger partial charge in [0.15, 0.2) is 0 Å². The topological polar surface area (TPSA) is 76.7 Å². The van der Waals surface area contributed by atoms with E-state index < -0.39 is 24.7 Å². The fraction of sp³-hybridized carbons (Fsp3) is 0.600. The van der Waals surface area contributed by atoms with Crippen molar-refractivity contribution in [1.29, 1.82) is 0 Å². The van der Waals surface area contributed by atoms with Gasteiger partial charge in [0, 0.05) is 0 Å². The average molecular weight is 178 g/mol. The molecule has 1 rings (SSSR count).